The van der Waals surface area contributed by atoms with E-state index in [4.69, 9.17) is 5.73 Å². The van der Waals surface area contributed by atoms with Crippen LogP contribution in [0.25, 0.3) is 0 Å². The molecule has 74 valence electrons. The van der Waals surface area contributed by atoms with E-state index in [1.54, 1.807) is 0 Å². The van der Waals surface area contributed by atoms with Gasteiger partial charge in [-0.3, -0.25) is 4.79 Å². The van der Waals surface area contributed by atoms with Crippen molar-refractivity contribution < 1.29 is 0 Å². The first-order chi connectivity index (χ1) is 5.59. The van der Waals surface area contributed by atoms with Crippen molar-refractivity contribution in [2.45, 2.75) is 26.3 Å². The maximum Gasteiger partial charge on any atom is 0.251 e. The predicted molar refractivity (Wildman–Crippen MR) is 56.4 cm³/mol. The van der Waals surface area contributed by atoms with Gasteiger partial charge < -0.3 is 10.7 Å². The van der Waals surface area contributed by atoms with Gasteiger partial charge in [0.25, 0.3) is 5.56 Å². The Balaban J connectivity index is 0.00000144. The van der Waals surface area contributed by atoms with Crippen LogP contribution < -0.4 is 11.3 Å². The molecule has 3 N–H and O–H groups in total. The zero-order valence-electron chi connectivity index (χ0n) is 7.83. The lowest BCUT2D eigenvalue weighted by molar-refractivity contribution is 0.730. The fourth-order valence-electron chi connectivity index (χ4n) is 1.11. The molecule has 1 unspecified atom stereocenters. The molecule has 3 nitrogen and oxygen atoms in total. The highest BCUT2D eigenvalue weighted by molar-refractivity contribution is 5.85. The first-order valence-electron chi connectivity index (χ1n) is 4.04. The number of aryl methyl sites for hydroxylation is 1. The number of halogens is 1. The summed E-state index contributed by atoms with van der Waals surface area (Å²) in [6, 6.07) is 3.75. The summed E-state index contributed by atoms with van der Waals surface area (Å²) in [5, 5.41) is 0. The van der Waals surface area contributed by atoms with E-state index in [2.05, 4.69) is 4.98 Å². The number of H-pyrrole nitrogens is 1. The largest absolute Gasteiger partial charge is 0.328 e. The Morgan fingerprint density at radius 3 is 2.62 bits per heavy atom. The van der Waals surface area contributed by atoms with Gasteiger partial charge in [0.2, 0.25) is 0 Å². The van der Waals surface area contributed by atoms with Crippen LogP contribution in [0.1, 0.15) is 18.2 Å². The molecule has 13 heavy (non-hydrogen) atoms. The Labute approximate surface area is 83.8 Å². The van der Waals surface area contributed by atoms with Crippen LogP contribution in [0.2, 0.25) is 0 Å². The van der Waals surface area contributed by atoms with Crippen LogP contribution in [0.5, 0.6) is 0 Å². The SMILES string of the molecule is Cc1ccc(CC(C)N)c(=O)[nH]1.Cl. The van der Waals surface area contributed by atoms with Crippen molar-refractivity contribution in [1.29, 1.82) is 0 Å². The second-order valence-corrected chi connectivity index (χ2v) is 3.18. The van der Waals surface area contributed by atoms with Crippen molar-refractivity contribution in [2.24, 2.45) is 5.73 Å². The number of nitrogens with one attached hydrogen (secondary N) is 1. The van der Waals surface area contributed by atoms with E-state index in [-0.39, 0.29) is 24.0 Å². The molecular formula is C9H15ClN2O. The van der Waals surface area contributed by atoms with Gasteiger partial charge in [-0.1, -0.05) is 6.07 Å². The van der Waals surface area contributed by atoms with Crippen molar-refractivity contribution in [3.8, 4) is 0 Å². The Hall–Kier alpha value is -0.800. The molecule has 0 saturated carbocycles. The summed E-state index contributed by atoms with van der Waals surface area (Å²) in [6.07, 6.45) is 0.635. The molecule has 1 rings (SSSR count). The minimum absolute atomic E-state index is 0. The van der Waals surface area contributed by atoms with E-state index < -0.39 is 0 Å². The van der Waals surface area contributed by atoms with Gasteiger partial charge in [0, 0.05) is 17.3 Å². The fourth-order valence-corrected chi connectivity index (χ4v) is 1.11. The monoisotopic (exact) mass is 202 g/mol. The lowest BCUT2D eigenvalue weighted by atomic mass is 10.1. The molecule has 0 amide bonds. The third-order valence-corrected chi connectivity index (χ3v) is 1.68. The number of pyridine rings is 1. The zero-order valence-corrected chi connectivity index (χ0v) is 8.65. The lowest BCUT2D eigenvalue weighted by Crippen LogP contribution is -2.23. The Morgan fingerprint density at radius 2 is 2.15 bits per heavy atom. The lowest BCUT2D eigenvalue weighted by Gasteiger charge is -2.03. The molecule has 1 aromatic heterocycles. The van der Waals surface area contributed by atoms with Gasteiger partial charge in [0.05, 0.1) is 0 Å². The van der Waals surface area contributed by atoms with Crippen molar-refractivity contribution in [1.82, 2.24) is 4.98 Å². The minimum Gasteiger partial charge on any atom is -0.328 e. The smallest absolute Gasteiger partial charge is 0.251 e. The highest BCUT2D eigenvalue weighted by atomic mass is 35.5. The Bertz CT molecular complexity index is 320. The first kappa shape index (κ1) is 12.2. The van der Waals surface area contributed by atoms with Crippen molar-refractivity contribution in [3.05, 3.63) is 33.7 Å². The molecule has 0 bridgehead atoms. The van der Waals surface area contributed by atoms with E-state index in [9.17, 15) is 4.79 Å². The molecule has 0 aliphatic rings. The van der Waals surface area contributed by atoms with Crippen LogP contribution in [0, 0.1) is 6.92 Å². The molecule has 0 aromatic carbocycles. The molecule has 1 heterocycles. The summed E-state index contributed by atoms with van der Waals surface area (Å²) in [5.41, 5.74) is 7.20. The summed E-state index contributed by atoms with van der Waals surface area (Å²) < 4.78 is 0. The zero-order chi connectivity index (χ0) is 9.14. The molecule has 4 heteroatoms. The molecule has 0 radical (unpaired) electrons. The molecule has 0 aliphatic carbocycles. The molecule has 0 aliphatic heterocycles. The van der Waals surface area contributed by atoms with E-state index in [0.29, 0.717) is 6.42 Å². The van der Waals surface area contributed by atoms with Crippen molar-refractivity contribution in [2.75, 3.05) is 0 Å². The Kier molecular flexibility index (Phi) is 4.73. The average molecular weight is 203 g/mol. The number of hydrogen-bond donors (Lipinski definition) is 2. The first-order valence-corrected chi connectivity index (χ1v) is 4.04. The van der Waals surface area contributed by atoms with Crippen LogP contribution in [-0.4, -0.2) is 11.0 Å². The highest BCUT2D eigenvalue weighted by Gasteiger charge is 2.01. The van der Waals surface area contributed by atoms with E-state index in [0.717, 1.165) is 11.3 Å². The number of hydrogen-bond acceptors (Lipinski definition) is 2. The average Bonchev–Trinajstić information content (AvgIpc) is 1.94. The van der Waals surface area contributed by atoms with E-state index in [1.165, 1.54) is 0 Å². The summed E-state index contributed by atoms with van der Waals surface area (Å²) in [6.45, 7) is 3.75. The van der Waals surface area contributed by atoms with Gasteiger partial charge in [-0.15, -0.1) is 12.4 Å². The van der Waals surface area contributed by atoms with E-state index in [1.807, 2.05) is 26.0 Å². The van der Waals surface area contributed by atoms with Gasteiger partial charge in [0.15, 0.2) is 0 Å². The molecule has 1 atom stereocenters. The summed E-state index contributed by atoms with van der Waals surface area (Å²) in [5.74, 6) is 0. The topological polar surface area (TPSA) is 58.9 Å². The highest BCUT2D eigenvalue weighted by Crippen LogP contribution is 1.96. The number of aromatic nitrogens is 1. The minimum atomic E-state index is -0.0210. The third-order valence-electron chi connectivity index (χ3n) is 1.68. The van der Waals surface area contributed by atoms with Gasteiger partial charge in [-0.05, 0) is 26.3 Å². The number of nitrogens with two attached hydrogens (primary N) is 1. The van der Waals surface area contributed by atoms with Gasteiger partial charge >= 0.3 is 0 Å². The molecule has 0 saturated heterocycles. The van der Waals surface area contributed by atoms with Crippen LogP contribution in [-0.2, 0) is 6.42 Å². The van der Waals surface area contributed by atoms with Crippen molar-refractivity contribution in [3.63, 3.8) is 0 Å². The second-order valence-electron chi connectivity index (χ2n) is 3.18. The summed E-state index contributed by atoms with van der Waals surface area (Å²) >= 11 is 0. The van der Waals surface area contributed by atoms with Gasteiger partial charge in [0.1, 0.15) is 0 Å². The maximum absolute atomic E-state index is 11.3. The molecule has 0 spiro atoms. The number of aromatic amines is 1. The summed E-state index contributed by atoms with van der Waals surface area (Å²) in [4.78, 5) is 14.0. The van der Waals surface area contributed by atoms with Crippen molar-refractivity contribution >= 4 is 12.4 Å². The standard InChI is InChI=1S/C9H14N2O.ClH/c1-6(10)5-8-4-3-7(2)11-9(8)12;/h3-4,6H,5,10H2,1-2H3,(H,11,12);1H. The predicted octanol–water partition coefficient (Wildman–Crippen LogP) is 0.995. The van der Waals surface area contributed by atoms with Crippen LogP contribution in [0.4, 0.5) is 0 Å². The fraction of sp³-hybridized carbons (Fsp3) is 0.444. The normalized spacial score (nSPS) is 11.9. The van der Waals surface area contributed by atoms with Gasteiger partial charge in [-0.2, -0.15) is 0 Å². The number of rotatable bonds is 2. The third kappa shape index (κ3) is 3.61. The quantitative estimate of drug-likeness (QED) is 0.752. The van der Waals surface area contributed by atoms with Crippen LogP contribution in [0.3, 0.4) is 0 Å². The van der Waals surface area contributed by atoms with Crippen LogP contribution >= 0.6 is 12.4 Å². The molecule has 1 aromatic rings. The second kappa shape index (κ2) is 5.04. The van der Waals surface area contributed by atoms with E-state index >= 15 is 0 Å². The molecular weight excluding hydrogens is 188 g/mol. The maximum atomic E-state index is 11.3. The molecule has 0 fully saturated rings. The summed E-state index contributed by atoms with van der Waals surface area (Å²) in [7, 11) is 0. The van der Waals surface area contributed by atoms with Gasteiger partial charge in [-0.25, -0.2) is 0 Å². The Morgan fingerprint density at radius 1 is 1.54 bits per heavy atom. The van der Waals surface area contributed by atoms with Crippen LogP contribution in [0.15, 0.2) is 16.9 Å².